The Labute approximate surface area is 143 Å². The first-order valence-electron chi connectivity index (χ1n) is 8.02. The second-order valence-corrected chi connectivity index (χ2v) is 7.56. The number of rotatable bonds is 6. The van der Waals surface area contributed by atoms with E-state index in [1.54, 1.807) is 12.0 Å². The zero-order valence-electron chi connectivity index (χ0n) is 14.1. The summed E-state index contributed by atoms with van der Waals surface area (Å²) in [6.07, 6.45) is 1.98. The number of likely N-dealkylation sites (tertiary alicyclic amines) is 1. The van der Waals surface area contributed by atoms with E-state index in [-0.39, 0.29) is 30.1 Å². The molecule has 0 radical (unpaired) electrons. The smallest absolute Gasteiger partial charge is 0.223 e. The highest BCUT2D eigenvalue weighted by Crippen LogP contribution is 2.30. The number of hydrogen-bond donors (Lipinski definition) is 1. The van der Waals surface area contributed by atoms with Gasteiger partial charge in [-0.05, 0) is 36.0 Å². The lowest BCUT2D eigenvalue weighted by molar-refractivity contribution is -0.135. The van der Waals surface area contributed by atoms with Gasteiger partial charge in [0.2, 0.25) is 5.91 Å². The number of nitrogens with zero attached hydrogens (tertiary/aromatic N) is 1. The van der Waals surface area contributed by atoms with Gasteiger partial charge >= 0.3 is 0 Å². The van der Waals surface area contributed by atoms with Gasteiger partial charge in [-0.15, -0.1) is 0 Å². The number of carbonyl (C=O) groups excluding carboxylic acids is 1. The number of ether oxygens (including phenoxy) is 1. The molecule has 5 heteroatoms. The molecule has 0 bridgehead atoms. The van der Waals surface area contributed by atoms with Gasteiger partial charge in [-0.3, -0.25) is 4.79 Å². The van der Waals surface area contributed by atoms with Crippen LogP contribution < -0.4 is 0 Å². The first-order valence-corrected chi connectivity index (χ1v) is 8.40. The monoisotopic (exact) mass is 339 g/mol. The molecule has 1 aliphatic rings. The number of halogens is 1. The summed E-state index contributed by atoms with van der Waals surface area (Å²) in [4.78, 5) is 14.4. The third-order valence-electron chi connectivity index (χ3n) is 4.47. The third-order valence-corrected chi connectivity index (χ3v) is 4.72. The Morgan fingerprint density at radius 1 is 1.39 bits per heavy atom. The molecule has 0 aliphatic carbocycles. The summed E-state index contributed by atoms with van der Waals surface area (Å²) in [5.41, 5.74) is 1.01. The Morgan fingerprint density at radius 3 is 2.61 bits per heavy atom. The van der Waals surface area contributed by atoms with Gasteiger partial charge in [-0.1, -0.05) is 37.6 Å². The van der Waals surface area contributed by atoms with E-state index in [9.17, 15) is 9.90 Å². The van der Waals surface area contributed by atoms with Crippen molar-refractivity contribution in [3.05, 3.63) is 34.9 Å². The van der Waals surface area contributed by atoms with Crippen LogP contribution in [0.1, 0.15) is 32.3 Å². The second-order valence-electron chi connectivity index (χ2n) is 7.12. The maximum absolute atomic E-state index is 12.7. The Hall–Kier alpha value is -1.10. The van der Waals surface area contributed by atoms with E-state index < -0.39 is 0 Å². The van der Waals surface area contributed by atoms with Crippen LogP contribution in [0.3, 0.4) is 0 Å². The number of benzene rings is 1. The van der Waals surface area contributed by atoms with Crippen molar-refractivity contribution in [1.82, 2.24) is 4.90 Å². The maximum atomic E-state index is 12.7. The number of amides is 1. The van der Waals surface area contributed by atoms with E-state index in [4.69, 9.17) is 16.3 Å². The molecular weight excluding hydrogens is 314 g/mol. The molecule has 1 aromatic rings. The molecule has 2 atom stereocenters. The lowest BCUT2D eigenvalue weighted by Gasteiger charge is -2.29. The molecule has 23 heavy (non-hydrogen) atoms. The first kappa shape index (κ1) is 18.2. The minimum Gasteiger partial charge on any atom is -0.394 e. The lowest BCUT2D eigenvalue weighted by atomic mass is 9.82. The Balaban J connectivity index is 1.98. The predicted molar refractivity (Wildman–Crippen MR) is 91.6 cm³/mol. The molecule has 4 nitrogen and oxygen atoms in total. The summed E-state index contributed by atoms with van der Waals surface area (Å²) < 4.78 is 5.34. The standard InChI is InChI=1S/C18H26ClNO3/c1-18(2,9-13-4-6-14(19)7-5-13)10-17(22)20-11-16(23-3)8-15(20)12-21/h4-7,15-16,21H,8-12H2,1-3H3/t15-,16-/m0/s1. The third kappa shape index (κ3) is 4.93. The molecule has 1 fully saturated rings. The Morgan fingerprint density at radius 2 is 2.04 bits per heavy atom. The molecule has 1 saturated heterocycles. The molecular formula is C18H26ClNO3. The number of methoxy groups -OCH3 is 1. The number of carbonyl (C=O) groups is 1. The highest BCUT2D eigenvalue weighted by atomic mass is 35.5. The van der Waals surface area contributed by atoms with Crippen LogP contribution in [-0.2, 0) is 16.0 Å². The largest absolute Gasteiger partial charge is 0.394 e. The van der Waals surface area contributed by atoms with E-state index in [1.807, 2.05) is 24.3 Å². The molecule has 0 unspecified atom stereocenters. The summed E-state index contributed by atoms with van der Waals surface area (Å²) >= 11 is 5.92. The fourth-order valence-corrected chi connectivity index (χ4v) is 3.38. The van der Waals surface area contributed by atoms with Crippen LogP contribution in [0.2, 0.25) is 5.02 Å². The van der Waals surface area contributed by atoms with E-state index in [2.05, 4.69) is 13.8 Å². The summed E-state index contributed by atoms with van der Waals surface area (Å²) in [5, 5.41) is 10.2. The summed E-state index contributed by atoms with van der Waals surface area (Å²) in [7, 11) is 1.65. The average molecular weight is 340 g/mol. The summed E-state index contributed by atoms with van der Waals surface area (Å²) in [6, 6.07) is 7.63. The fourth-order valence-electron chi connectivity index (χ4n) is 3.25. The number of hydrogen-bond acceptors (Lipinski definition) is 3. The first-order chi connectivity index (χ1) is 10.8. The normalized spacial score (nSPS) is 21.7. The van der Waals surface area contributed by atoms with Crippen LogP contribution in [0.25, 0.3) is 0 Å². The molecule has 1 N–H and O–H groups in total. The molecule has 0 spiro atoms. The van der Waals surface area contributed by atoms with E-state index in [0.717, 1.165) is 11.4 Å². The van der Waals surface area contributed by atoms with E-state index in [0.29, 0.717) is 19.4 Å². The van der Waals surface area contributed by atoms with Crippen molar-refractivity contribution in [3.8, 4) is 0 Å². The minimum absolute atomic E-state index is 0.0107. The molecule has 2 rings (SSSR count). The summed E-state index contributed by atoms with van der Waals surface area (Å²) in [6.45, 7) is 4.75. The van der Waals surface area contributed by atoms with Crippen LogP contribution in [-0.4, -0.2) is 48.3 Å². The van der Waals surface area contributed by atoms with Crippen molar-refractivity contribution < 1.29 is 14.6 Å². The molecule has 0 saturated carbocycles. The Kier molecular flexibility index (Phi) is 6.06. The number of aliphatic hydroxyl groups excluding tert-OH is 1. The zero-order valence-corrected chi connectivity index (χ0v) is 14.8. The van der Waals surface area contributed by atoms with Crippen LogP contribution in [0.5, 0.6) is 0 Å². The topological polar surface area (TPSA) is 49.8 Å². The van der Waals surface area contributed by atoms with Crippen molar-refractivity contribution in [2.75, 3.05) is 20.3 Å². The van der Waals surface area contributed by atoms with Crippen LogP contribution in [0.4, 0.5) is 0 Å². The molecule has 1 heterocycles. The van der Waals surface area contributed by atoms with Crippen LogP contribution >= 0.6 is 11.6 Å². The molecule has 0 aromatic heterocycles. The van der Waals surface area contributed by atoms with Crippen molar-refractivity contribution in [2.45, 2.75) is 45.3 Å². The van der Waals surface area contributed by atoms with Gasteiger partial charge in [-0.25, -0.2) is 0 Å². The van der Waals surface area contributed by atoms with Gasteiger partial charge < -0.3 is 14.7 Å². The Bertz CT molecular complexity index is 530. The van der Waals surface area contributed by atoms with Crippen molar-refractivity contribution in [1.29, 1.82) is 0 Å². The average Bonchev–Trinajstić information content (AvgIpc) is 2.92. The molecule has 1 amide bonds. The molecule has 128 valence electrons. The van der Waals surface area contributed by atoms with Crippen molar-refractivity contribution in [3.63, 3.8) is 0 Å². The highest BCUT2D eigenvalue weighted by Gasteiger charge is 2.36. The number of aliphatic hydroxyl groups is 1. The maximum Gasteiger partial charge on any atom is 0.223 e. The van der Waals surface area contributed by atoms with Gasteiger partial charge in [0.05, 0.1) is 18.8 Å². The quantitative estimate of drug-likeness (QED) is 0.867. The molecule has 1 aliphatic heterocycles. The van der Waals surface area contributed by atoms with Crippen molar-refractivity contribution >= 4 is 17.5 Å². The highest BCUT2D eigenvalue weighted by molar-refractivity contribution is 6.30. The van der Waals surface area contributed by atoms with Gasteiger partial charge in [0, 0.05) is 25.1 Å². The lowest BCUT2D eigenvalue weighted by Crippen LogP contribution is -2.40. The minimum atomic E-state index is -0.157. The molecule has 1 aromatic carbocycles. The SMILES string of the molecule is CO[C@H]1C[C@@H](CO)N(C(=O)CC(C)(C)Cc2ccc(Cl)cc2)C1. The van der Waals surface area contributed by atoms with Crippen LogP contribution in [0, 0.1) is 5.41 Å². The van der Waals surface area contributed by atoms with E-state index >= 15 is 0 Å². The van der Waals surface area contributed by atoms with E-state index in [1.165, 1.54) is 5.56 Å². The second kappa shape index (κ2) is 7.65. The zero-order chi connectivity index (χ0) is 17.0. The van der Waals surface area contributed by atoms with Gasteiger partial charge in [0.1, 0.15) is 0 Å². The van der Waals surface area contributed by atoms with Crippen molar-refractivity contribution in [2.24, 2.45) is 5.41 Å². The predicted octanol–water partition coefficient (Wildman–Crippen LogP) is 2.91. The van der Waals surface area contributed by atoms with Gasteiger partial charge in [0.25, 0.3) is 0 Å². The van der Waals surface area contributed by atoms with Gasteiger partial charge in [-0.2, -0.15) is 0 Å². The fraction of sp³-hybridized carbons (Fsp3) is 0.611. The van der Waals surface area contributed by atoms with Gasteiger partial charge in [0.15, 0.2) is 0 Å². The summed E-state index contributed by atoms with van der Waals surface area (Å²) in [5.74, 6) is 0.0857. The van der Waals surface area contributed by atoms with Crippen LogP contribution in [0.15, 0.2) is 24.3 Å².